The van der Waals surface area contributed by atoms with Gasteiger partial charge in [-0.2, -0.15) is 0 Å². The van der Waals surface area contributed by atoms with Crippen LogP contribution >= 0.6 is 22.6 Å². The fraction of sp³-hybridized carbons (Fsp3) is 0.143. The molecule has 0 aliphatic rings. The highest BCUT2D eigenvalue weighted by Crippen LogP contribution is 2.28. The van der Waals surface area contributed by atoms with Gasteiger partial charge < -0.3 is 11.1 Å². The fourth-order valence-electron chi connectivity index (χ4n) is 1.85. The van der Waals surface area contributed by atoms with E-state index < -0.39 is 10.7 Å². The molecule has 0 fully saturated rings. The van der Waals surface area contributed by atoms with Crippen molar-refractivity contribution in [3.05, 3.63) is 61.5 Å². The smallest absolute Gasteiger partial charge is 0.293 e. The number of halogens is 2. The van der Waals surface area contributed by atoms with Gasteiger partial charge in [0.25, 0.3) is 5.69 Å². The van der Waals surface area contributed by atoms with Gasteiger partial charge in [-0.25, -0.2) is 4.39 Å². The molecule has 0 saturated heterocycles. The molecule has 0 unspecified atom stereocenters. The second-order valence-electron chi connectivity index (χ2n) is 4.46. The minimum absolute atomic E-state index is 0.127. The quantitative estimate of drug-likeness (QED) is 0.348. The first kappa shape index (κ1) is 15.5. The molecule has 0 amide bonds. The summed E-state index contributed by atoms with van der Waals surface area (Å²) in [5.41, 5.74) is 7.39. The third-order valence-electron chi connectivity index (χ3n) is 2.94. The predicted octanol–water partition coefficient (Wildman–Crippen LogP) is 3.58. The zero-order valence-electron chi connectivity index (χ0n) is 11.0. The number of nitrogen functional groups attached to an aromatic ring is 1. The highest BCUT2D eigenvalue weighted by molar-refractivity contribution is 14.1. The standard InChI is InChI=1S/C14H13FIN3O2/c15-11-7-13(14(19(20)21)8-12(11)16)18-6-5-9-1-3-10(17)4-2-9/h1-4,7-8,18H,5-6,17H2. The molecular weight excluding hydrogens is 388 g/mol. The van der Waals surface area contributed by atoms with Crippen molar-refractivity contribution in [1.29, 1.82) is 0 Å². The summed E-state index contributed by atoms with van der Waals surface area (Å²) < 4.78 is 13.8. The highest BCUT2D eigenvalue weighted by Gasteiger charge is 2.17. The Morgan fingerprint density at radius 2 is 1.95 bits per heavy atom. The van der Waals surface area contributed by atoms with Gasteiger partial charge in [0, 0.05) is 24.4 Å². The maximum absolute atomic E-state index is 13.5. The summed E-state index contributed by atoms with van der Waals surface area (Å²) in [7, 11) is 0. The monoisotopic (exact) mass is 401 g/mol. The molecule has 2 aromatic rings. The number of nitrogens with one attached hydrogen (secondary N) is 1. The third-order valence-corrected chi connectivity index (χ3v) is 3.77. The number of nitrogens with zero attached hydrogens (tertiary/aromatic N) is 1. The predicted molar refractivity (Wildman–Crippen MR) is 88.8 cm³/mol. The first-order valence-corrected chi connectivity index (χ1v) is 7.27. The van der Waals surface area contributed by atoms with Gasteiger partial charge in [-0.05, 0) is 46.7 Å². The van der Waals surface area contributed by atoms with Crippen molar-refractivity contribution < 1.29 is 9.31 Å². The van der Waals surface area contributed by atoms with E-state index in [-0.39, 0.29) is 14.9 Å². The van der Waals surface area contributed by atoms with E-state index in [0.717, 1.165) is 11.6 Å². The van der Waals surface area contributed by atoms with Gasteiger partial charge in [-0.1, -0.05) is 12.1 Å². The van der Waals surface area contributed by atoms with Crippen LogP contribution < -0.4 is 11.1 Å². The van der Waals surface area contributed by atoms with Crippen molar-refractivity contribution >= 4 is 39.7 Å². The second kappa shape index (κ2) is 6.70. The number of anilines is 2. The Morgan fingerprint density at radius 1 is 1.29 bits per heavy atom. The van der Waals surface area contributed by atoms with Crippen LogP contribution in [0.2, 0.25) is 0 Å². The molecule has 5 nitrogen and oxygen atoms in total. The maximum atomic E-state index is 13.5. The van der Waals surface area contributed by atoms with E-state index in [1.807, 2.05) is 12.1 Å². The molecule has 0 atom stereocenters. The minimum Gasteiger partial charge on any atom is -0.399 e. The van der Waals surface area contributed by atoms with E-state index in [0.29, 0.717) is 18.7 Å². The normalized spacial score (nSPS) is 10.4. The Bertz CT molecular complexity index is 662. The number of benzene rings is 2. The summed E-state index contributed by atoms with van der Waals surface area (Å²) in [4.78, 5) is 10.5. The Hall–Kier alpha value is -1.90. The van der Waals surface area contributed by atoms with E-state index in [1.165, 1.54) is 6.07 Å². The lowest BCUT2D eigenvalue weighted by atomic mass is 10.1. The molecule has 2 aromatic carbocycles. The third kappa shape index (κ3) is 4.03. The summed E-state index contributed by atoms with van der Waals surface area (Å²) in [6, 6.07) is 9.74. The van der Waals surface area contributed by atoms with Crippen LogP contribution in [0.25, 0.3) is 0 Å². The maximum Gasteiger partial charge on any atom is 0.293 e. The van der Waals surface area contributed by atoms with Crippen LogP contribution in [0.3, 0.4) is 0 Å². The molecule has 0 saturated carbocycles. The molecule has 0 aliphatic heterocycles. The van der Waals surface area contributed by atoms with Gasteiger partial charge in [0.1, 0.15) is 11.5 Å². The lowest BCUT2D eigenvalue weighted by Gasteiger charge is -2.08. The molecule has 0 spiro atoms. The Kier molecular flexibility index (Phi) is 4.94. The van der Waals surface area contributed by atoms with Crippen molar-refractivity contribution in [2.45, 2.75) is 6.42 Å². The van der Waals surface area contributed by atoms with Gasteiger partial charge in [0.05, 0.1) is 8.49 Å². The molecule has 2 rings (SSSR count). The molecule has 0 aromatic heterocycles. The van der Waals surface area contributed by atoms with Gasteiger partial charge in [-0.3, -0.25) is 10.1 Å². The summed E-state index contributed by atoms with van der Waals surface area (Å²) in [6.45, 7) is 0.463. The number of hydrogen-bond donors (Lipinski definition) is 2. The molecule has 21 heavy (non-hydrogen) atoms. The molecule has 110 valence electrons. The first-order chi connectivity index (χ1) is 9.97. The molecule has 0 bridgehead atoms. The average Bonchev–Trinajstić information content (AvgIpc) is 2.44. The van der Waals surface area contributed by atoms with E-state index in [1.54, 1.807) is 34.7 Å². The summed E-state index contributed by atoms with van der Waals surface area (Å²) in [5, 5.41) is 13.9. The average molecular weight is 401 g/mol. The number of nitrogens with two attached hydrogens (primary N) is 1. The topological polar surface area (TPSA) is 81.2 Å². The molecular formula is C14H13FIN3O2. The minimum atomic E-state index is -0.521. The Balaban J connectivity index is 2.07. The summed E-state index contributed by atoms with van der Waals surface area (Å²) >= 11 is 1.73. The number of nitro groups is 1. The van der Waals surface area contributed by atoms with E-state index in [9.17, 15) is 14.5 Å². The summed E-state index contributed by atoms with van der Waals surface area (Å²) in [6.07, 6.45) is 0.658. The van der Waals surface area contributed by atoms with E-state index in [2.05, 4.69) is 5.32 Å². The number of rotatable bonds is 5. The lowest BCUT2D eigenvalue weighted by Crippen LogP contribution is -2.08. The van der Waals surface area contributed by atoms with Crippen molar-refractivity contribution in [2.75, 3.05) is 17.6 Å². The van der Waals surface area contributed by atoms with Crippen LogP contribution in [0.1, 0.15) is 5.56 Å². The Labute approximate surface area is 134 Å². The van der Waals surface area contributed by atoms with Crippen LogP contribution in [0, 0.1) is 19.5 Å². The molecule has 3 N–H and O–H groups in total. The van der Waals surface area contributed by atoms with Crippen molar-refractivity contribution in [1.82, 2.24) is 0 Å². The molecule has 7 heteroatoms. The van der Waals surface area contributed by atoms with Crippen LogP contribution in [0.15, 0.2) is 36.4 Å². The van der Waals surface area contributed by atoms with Gasteiger partial charge >= 0.3 is 0 Å². The molecule has 0 radical (unpaired) electrons. The largest absolute Gasteiger partial charge is 0.399 e. The highest BCUT2D eigenvalue weighted by atomic mass is 127. The zero-order chi connectivity index (χ0) is 15.4. The van der Waals surface area contributed by atoms with E-state index >= 15 is 0 Å². The van der Waals surface area contributed by atoms with Crippen molar-refractivity contribution in [2.24, 2.45) is 0 Å². The van der Waals surface area contributed by atoms with Crippen LogP contribution in [0.5, 0.6) is 0 Å². The number of hydrogen-bond acceptors (Lipinski definition) is 4. The van der Waals surface area contributed by atoms with Gasteiger partial charge in [-0.15, -0.1) is 0 Å². The second-order valence-corrected chi connectivity index (χ2v) is 5.62. The van der Waals surface area contributed by atoms with Crippen LogP contribution in [0.4, 0.5) is 21.5 Å². The van der Waals surface area contributed by atoms with Gasteiger partial charge in [0.15, 0.2) is 0 Å². The van der Waals surface area contributed by atoms with Gasteiger partial charge in [0.2, 0.25) is 0 Å². The summed E-state index contributed by atoms with van der Waals surface area (Å²) in [5.74, 6) is -0.476. The Morgan fingerprint density at radius 3 is 2.57 bits per heavy atom. The molecule has 0 heterocycles. The van der Waals surface area contributed by atoms with E-state index in [4.69, 9.17) is 5.73 Å². The van der Waals surface area contributed by atoms with Crippen molar-refractivity contribution in [3.63, 3.8) is 0 Å². The van der Waals surface area contributed by atoms with Crippen molar-refractivity contribution in [3.8, 4) is 0 Å². The fourth-order valence-corrected chi connectivity index (χ4v) is 2.31. The van der Waals surface area contributed by atoms with Crippen LogP contribution in [-0.4, -0.2) is 11.5 Å². The SMILES string of the molecule is Nc1ccc(CCNc2cc(F)c(I)cc2[N+](=O)[O-])cc1. The van der Waals surface area contributed by atoms with Crippen LogP contribution in [-0.2, 0) is 6.42 Å². The first-order valence-electron chi connectivity index (χ1n) is 6.19. The lowest BCUT2D eigenvalue weighted by molar-refractivity contribution is -0.384. The molecule has 0 aliphatic carbocycles. The zero-order valence-corrected chi connectivity index (χ0v) is 13.1. The number of nitro benzene ring substituents is 1.